The Morgan fingerprint density at radius 2 is 2.06 bits per heavy atom. The van der Waals surface area contributed by atoms with Gasteiger partial charge in [-0.2, -0.15) is 0 Å². The summed E-state index contributed by atoms with van der Waals surface area (Å²) in [7, 11) is 0. The first-order valence-electron chi connectivity index (χ1n) is 6.47. The predicted octanol–water partition coefficient (Wildman–Crippen LogP) is 3.46. The summed E-state index contributed by atoms with van der Waals surface area (Å²) in [5.41, 5.74) is 9.46. The lowest BCUT2D eigenvalue weighted by Crippen LogP contribution is -2.18. The molecule has 0 atom stereocenters. The molecule has 0 saturated heterocycles. The minimum atomic E-state index is 0.875. The Balaban J connectivity index is 1.80. The van der Waals surface area contributed by atoms with E-state index >= 15 is 0 Å². The zero-order valence-electron chi connectivity index (χ0n) is 10.6. The average molecular weight is 258 g/mol. The average Bonchev–Trinajstić information content (AvgIpc) is 2.97. The zero-order valence-corrected chi connectivity index (χ0v) is 11.5. The van der Waals surface area contributed by atoms with Crippen LogP contribution in [0.1, 0.15) is 22.2 Å². The molecule has 2 nitrogen and oxygen atoms in total. The van der Waals surface area contributed by atoms with Gasteiger partial charge in [0.25, 0.3) is 0 Å². The molecule has 0 aliphatic carbocycles. The minimum Gasteiger partial charge on any atom is -0.399 e. The van der Waals surface area contributed by atoms with Crippen LogP contribution in [0.4, 0.5) is 11.4 Å². The van der Waals surface area contributed by atoms with Gasteiger partial charge in [0, 0.05) is 27.7 Å². The number of thiophene rings is 1. The van der Waals surface area contributed by atoms with Crippen molar-refractivity contribution in [3.8, 4) is 0 Å². The maximum Gasteiger partial charge on any atom is 0.0523 e. The van der Waals surface area contributed by atoms with Crippen molar-refractivity contribution in [3.63, 3.8) is 0 Å². The lowest BCUT2D eigenvalue weighted by Gasteiger charge is -2.18. The molecule has 0 amide bonds. The number of nitrogens with zero attached hydrogens (tertiary/aromatic N) is 1. The van der Waals surface area contributed by atoms with Crippen molar-refractivity contribution in [2.45, 2.75) is 26.3 Å². The van der Waals surface area contributed by atoms with E-state index in [0.29, 0.717) is 0 Å². The fourth-order valence-corrected chi connectivity index (χ4v) is 3.51. The van der Waals surface area contributed by atoms with Crippen LogP contribution in [0.25, 0.3) is 0 Å². The van der Waals surface area contributed by atoms with Crippen molar-refractivity contribution >= 4 is 22.7 Å². The maximum atomic E-state index is 5.83. The van der Waals surface area contributed by atoms with Gasteiger partial charge in [-0.3, -0.25) is 0 Å². The maximum absolute atomic E-state index is 5.83. The highest BCUT2D eigenvalue weighted by Crippen LogP contribution is 2.31. The smallest absolute Gasteiger partial charge is 0.0523 e. The van der Waals surface area contributed by atoms with Crippen LogP contribution in [0.15, 0.2) is 30.3 Å². The molecule has 2 N–H and O–H groups in total. The molecular formula is C15H18N2S. The molecule has 0 radical (unpaired) electrons. The van der Waals surface area contributed by atoms with Crippen LogP contribution in [-0.2, 0) is 19.4 Å². The normalized spacial score (nSPS) is 13.9. The lowest BCUT2D eigenvalue weighted by atomic mass is 10.1. The highest BCUT2D eigenvalue weighted by atomic mass is 32.1. The summed E-state index contributed by atoms with van der Waals surface area (Å²) in [6.45, 7) is 4.35. The third-order valence-electron chi connectivity index (χ3n) is 3.51. The summed E-state index contributed by atoms with van der Waals surface area (Å²) in [4.78, 5) is 5.39. The van der Waals surface area contributed by atoms with E-state index in [2.05, 4.69) is 36.1 Å². The molecule has 2 heterocycles. The molecular weight excluding hydrogens is 240 g/mol. The monoisotopic (exact) mass is 258 g/mol. The van der Waals surface area contributed by atoms with Crippen LogP contribution >= 0.6 is 11.3 Å². The standard InChI is InChI=1S/C15H18N2S/c1-2-13-4-5-14(18-13)10-17-8-7-11-9-12(16)3-6-15(11)17/h3-6,9H,2,7-8,10,16H2,1H3. The molecule has 18 heavy (non-hydrogen) atoms. The molecule has 0 fully saturated rings. The second-order valence-corrected chi connectivity index (χ2v) is 6.03. The quantitative estimate of drug-likeness (QED) is 0.854. The van der Waals surface area contributed by atoms with Gasteiger partial charge in [0.05, 0.1) is 6.54 Å². The van der Waals surface area contributed by atoms with E-state index in [1.54, 1.807) is 0 Å². The second kappa shape index (κ2) is 4.65. The molecule has 94 valence electrons. The molecule has 0 bridgehead atoms. The van der Waals surface area contributed by atoms with Gasteiger partial charge in [-0.25, -0.2) is 0 Å². The summed E-state index contributed by atoms with van der Waals surface area (Å²) >= 11 is 1.93. The summed E-state index contributed by atoms with van der Waals surface area (Å²) < 4.78 is 0. The number of nitrogens with two attached hydrogens (primary N) is 1. The van der Waals surface area contributed by atoms with E-state index in [1.807, 2.05) is 17.4 Å². The van der Waals surface area contributed by atoms with E-state index in [1.165, 1.54) is 21.0 Å². The van der Waals surface area contributed by atoms with Gasteiger partial charge >= 0.3 is 0 Å². The largest absolute Gasteiger partial charge is 0.399 e. The number of benzene rings is 1. The van der Waals surface area contributed by atoms with Crippen molar-refractivity contribution in [3.05, 3.63) is 45.6 Å². The highest BCUT2D eigenvalue weighted by Gasteiger charge is 2.19. The SMILES string of the molecule is CCc1ccc(CN2CCc3cc(N)ccc32)s1. The first-order chi connectivity index (χ1) is 8.76. The molecule has 0 spiro atoms. The van der Waals surface area contributed by atoms with E-state index in [9.17, 15) is 0 Å². The van der Waals surface area contributed by atoms with Gasteiger partial charge < -0.3 is 10.6 Å². The Labute approximate surface area is 112 Å². The molecule has 0 unspecified atom stereocenters. The molecule has 3 heteroatoms. The van der Waals surface area contributed by atoms with E-state index in [-0.39, 0.29) is 0 Å². The first kappa shape index (κ1) is 11.6. The number of anilines is 2. The van der Waals surface area contributed by atoms with Gasteiger partial charge in [-0.15, -0.1) is 11.3 Å². The third kappa shape index (κ3) is 2.10. The fraction of sp³-hybridized carbons (Fsp3) is 0.333. The summed E-state index contributed by atoms with van der Waals surface area (Å²) in [5, 5.41) is 0. The summed E-state index contributed by atoms with van der Waals surface area (Å²) in [5.74, 6) is 0. The Morgan fingerprint density at radius 3 is 2.83 bits per heavy atom. The van der Waals surface area contributed by atoms with E-state index < -0.39 is 0 Å². The molecule has 2 aromatic rings. The number of nitrogen functional groups attached to an aromatic ring is 1. The predicted molar refractivity (Wildman–Crippen MR) is 79.3 cm³/mol. The van der Waals surface area contributed by atoms with Gasteiger partial charge in [-0.05, 0) is 48.7 Å². The van der Waals surface area contributed by atoms with Gasteiger partial charge in [0.1, 0.15) is 0 Å². The van der Waals surface area contributed by atoms with Crippen LogP contribution in [0.3, 0.4) is 0 Å². The van der Waals surface area contributed by atoms with Crippen LogP contribution in [0.5, 0.6) is 0 Å². The Kier molecular flexibility index (Phi) is 3.00. The molecule has 1 aromatic heterocycles. The van der Waals surface area contributed by atoms with Crippen molar-refractivity contribution < 1.29 is 0 Å². The third-order valence-corrected chi connectivity index (χ3v) is 4.72. The summed E-state index contributed by atoms with van der Waals surface area (Å²) in [6, 6.07) is 10.8. The van der Waals surface area contributed by atoms with E-state index in [0.717, 1.165) is 31.6 Å². The molecule has 0 saturated carbocycles. The van der Waals surface area contributed by atoms with E-state index in [4.69, 9.17) is 5.73 Å². The number of hydrogen-bond acceptors (Lipinski definition) is 3. The molecule has 3 rings (SSSR count). The number of aryl methyl sites for hydroxylation is 1. The Bertz CT molecular complexity index is 559. The van der Waals surface area contributed by atoms with Crippen LogP contribution in [-0.4, -0.2) is 6.54 Å². The Hall–Kier alpha value is -1.48. The highest BCUT2D eigenvalue weighted by molar-refractivity contribution is 7.12. The number of hydrogen-bond donors (Lipinski definition) is 1. The van der Waals surface area contributed by atoms with Crippen molar-refractivity contribution in [2.75, 3.05) is 17.2 Å². The molecule has 1 aliphatic heterocycles. The van der Waals surface area contributed by atoms with Crippen molar-refractivity contribution in [2.24, 2.45) is 0 Å². The number of rotatable bonds is 3. The van der Waals surface area contributed by atoms with Crippen molar-refractivity contribution in [1.82, 2.24) is 0 Å². The number of fused-ring (bicyclic) bond motifs is 1. The minimum absolute atomic E-state index is 0.875. The fourth-order valence-electron chi connectivity index (χ4n) is 2.54. The van der Waals surface area contributed by atoms with Crippen molar-refractivity contribution in [1.29, 1.82) is 0 Å². The van der Waals surface area contributed by atoms with Crippen LogP contribution in [0, 0.1) is 0 Å². The van der Waals surface area contributed by atoms with Gasteiger partial charge in [-0.1, -0.05) is 6.92 Å². The Morgan fingerprint density at radius 1 is 1.22 bits per heavy atom. The van der Waals surface area contributed by atoms with Gasteiger partial charge in [0.15, 0.2) is 0 Å². The second-order valence-electron chi connectivity index (χ2n) is 4.78. The molecule has 1 aromatic carbocycles. The van der Waals surface area contributed by atoms with Crippen LogP contribution in [0.2, 0.25) is 0 Å². The molecule has 1 aliphatic rings. The lowest BCUT2D eigenvalue weighted by molar-refractivity contribution is 0.846. The summed E-state index contributed by atoms with van der Waals surface area (Å²) in [6.07, 6.45) is 2.25. The zero-order chi connectivity index (χ0) is 12.5. The van der Waals surface area contributed by atoms with Crippen LogP contribution < -0.4 is 10.6 Å². The first-order valence-corrected chi connectivity index (χ1v) is 7.29. The topological polar surface area (TPSA) is 29.3 Å². The van der Waals surface area contributed by atoms with Gasteiger partial charge in [0.2, 0.25) is 0 Å².